The summed E-state index contributed by atoms with van der Waals surface area (Å²) in [6.07, 6.45) is 5.71. The Bertz CT molecular complexity index is 1200. The van der Waals surface area contributed by atoms with Crippen LogP contribution < -0.4 is 20.7 Å². The Labute approximate surface area is 199 Å². The summed E-state index contributed by atoms with van der Waals surface area (Å²) in [5.41, 5.74) is 4.23. The van der Waals surface area contributed by atoms with Gasteiger partial charge in [-0.15, -0.1) is 0 Å². The average molecular weight is 459 g/mol. The van der Waals surface area contributed by atoms with Gasteiger partial charge in [-0.25, -0.2) is 9.97 Å². The smallest absolute Gasteiger partial charge is 0.247 e. The fourth-order valence-corrected chi connectivity index (χ4v) is 3.54. The zero-order valence-electron chi connectivity index (χ0n) is 20.0. The van der Waals surface area contributed by atoms with Gasteiger partial charge in [0.05, 0.1) is 11.8 Å². The standard InChI is InChI=1S/C26H30N6O2/c1-16(2)13-29-26(33)19-9-10-27-24-22(12-19)25(31-15-30-24)32-20-6-8-23(17(3)11-20)34-21-7-5-18(4)28-14-21/h5-8,11-12,14-16H,9-10,13H2,1-4H3,(H,29,33)(H2,27,30,31,32). The number of benzene rings is 1. The monoisotopic (exact) mass is 458 g/mol. The summed E-state index contributed by atoms with van der Waals surface area (Å²) < 4.78 is 5.98. The molecule has 1 aromatic carbocycles. The third-order valence-corrected chi connectivity index (χ3v) is 5.40. The largest absolute Gasteiger partial charge is 0.455 e. The quantitative estimate of drug-likeness (QED) is 0.458. The molecule has 176 valence electrons. The summed E-state index contributed by atoms with van der Waals surface area (Å²) in [6.45, 7) is 9.34. The number of nitrogens with zero attached hydrogens (tertiary/aromatic N) is 3. The van der Waals surface area contributed by atoms with E-state index in [2.05, 4.69) is 44.7 Å². The molecule has 0 fully saturated rings. The van der Waals surface area contributed by atoms with Crippen molar-refractivity contribution < 1.29 is 9.53 Å². The van der Waals surface area contributed by atoms with Crippen LogP contribution in [0.3, 0.4) is 0 Å². The first kappa shape index (κ1) is 23.2. The van der Waals surface area contributed by atoms with Crippen LogP contribution >= 0.6 is 0 Å². The molecule has 8 nitrogen and oxygen atoms in total. The SMILES string of the molecule is Cc1ccc(Oc2ccc(Nc3ncnc4c3C=C(C(=O)NCC(C)C)CCN4)cc2C)cn1. The van der Waals surface area contributed by atoms with Crippen molar-refractivity contribution >= 4 is 29.3 Å². The maximum absolute atomic E-state index is 12.7. The van der Waals surface area contributed by atoms with Gasteiger partial charge in [-0.3, -0.25) is 9.78 Å². The van der Waals surface area contributed by atoms with Crippen LogP contribution in [0.2, 0.25) is 0 Å². The van der Waals surface area contributed by atoms with Crippen LogP contribution in [0.15, 0.2) is 48.4 Å². The molecule has 0 saturated heterocycles. The number of anilines is 3. The Hall–Kier alpha value is -3.94. The third kappa shape index (κ3) is 5.70. The highest BCUT2D eigenvalue weighted by molar-refractivity contribution is 6.00. The predicted molar refractivity (Wildman–Crippen MR) is 134 cm³/mol. The van der Waals surface area contributed by atoms with Gasteiger partial charge in [-0.1, -0.05) is 13.8 Å². The minimum absolute atomic E-state index is 0.0545. The molecular formula is C26H30N6O2. The number of aryl methyl sites for hydroxylation is 2. The second-order valence-corrected chi connectivity index (χ2v) is 8.78. The molecule has 0 radical (unpaired) electrons. The molecule has 1 aliphatic rings. The predicted octanol–water partition coefficient (Wildman–Crippen LogP) is 5.00. The number of nitrogens with one attached hydrogen (secondary N) is 3. The van der Waals surface area contributed by atoms with Gasteiger partial charge in [0.2, 0.25) is 5.91 Å². The van der Waals surface area contributed by atoms with Gasteiger partial charge in [-0.2, -0.15) is 0 Å². The molecule has 3 N–H and O–H groups in total. The Morgan fingerprint density at radius 3 is 2.74 bits per heavy atom. The summed E-state index contributed by atoms with van der Waals surface area (Å²) >= 11 is 0. The topological polar surface area (TPSA) is 101 Å². The molecule has 0 saturated carbocycles. The van der Waals surface area contributed by atoms with Gasteiger partial charge >= 0.3 is 0 Å². The van der Waals surface area contributed by atoms with Gasteiger partial charge < -0.3 is 20.7 Å². The van der Waals surface area contributed by atoms with Crippen molar-refractivity contribution in [2.45, 2.75) is 34.1 Å². The highest BCUT2D eigenvalue weighted by Crippen LogP contribution is 2.31. The summed E-state index contributed by atoms with van der Waals surface area (Å²) in [5.74, 6) is 3.11. The third-order valence-electron chi connectivity index (χ3n) is 5.40. The van der Waals surface area contributed by atoms with E-state index in [9.17, 15) is 4.79 Å². The van der Waals surface area contributed by atoms with Gasteiger partial charge in [0.25, 0.3) is 0 Å². The van der Waals surface area contributed by atoms with E-state index in [-0.39, 0.29) is 5.91 Å². The molecule has 34 heavy (non-hydrogen) atoms. The Morgan fingerprint density at radius 2 is 2.00 bits per heavy atom. The van der Waals surface area contributed by atoms with Crippen LogP contribution in [0.4, 0.5) is 17.3 Å². The van der Waals surface area contributed by atoms with Crippen LogP contribution in [0.25, 0.3) is 6.08 Å². The molecule has 1 amide bonds. The minimum Gasteiger partial charge on any atom is -0.455 e. The highest BCUT2D eigenvalue weighted by atomic mass is 16.5. The van der Waals surface area contributed by atoms with Crippen molar-refractivity contribution in [3.63, 3.8) is 0 Å². The number of amides is 1. The minimum atomic E-state index is -0.0545. The van der Waals surface area contributed by atoms with Gasteiger partial charge in [0, 0.05) is 30.0 Å². The van der Waals surface area contributed by atoms with Gasteiger partial charge in [-0.05, 0) is 68.2 Å². The number of pyridine rings is 1. The van der Waals surface area contributed by atoms with E-state index in [1.807, 2.05) is 50.3 Å². The highest BCUT2D eigenvalue weighted by Gasteiger charge is 2.18. The normalized spacial score (nSPS) is 12.8. The molecule has 1 aliphatic heterocycles. The summed E-state index contributed by atoms with van der Waals surface area (Å²) in [7, 11) is 0. The van der Waals surface area contributed by atoms with Crippen LogP contribution in [-0.4, -0.2) is 33.9 Å². The fraction of sp³-hybridized carbons (Fsp3) is 0.308. The Kier molecular flexibility index (Phi) is 7.06. The number of rotatable bonds is 7. The molecule has 2 aromatic heterocycles. The first-order valence-corrected chi connectivity index (χ1v) is 11.4. The number of hydrogen-bond donors (Lipinski definition) is 3. The zero-order valence-corrected chi connectivity index (χ0v) is 20.0. The van der Waals surface area contributed by atoms with Crippen molar-refractivity contribution in [3.8, 4) is 11.5 Å². The average Bonchev–Trinajstić information content (AvgIpc) is 3.04. The Morgan fingerprint density at radius 1 is 1.15 bits per heavy atom. The number of fused-ring (bicyclic) bond motifs is 1. The number of hydrogen-bond acceptors (Lipinski definition) is 7. The number of carbonyl (C=O) groups is 1. The second-order valence-electron chi connectivity index (χ2n) is 8.78. The molecule has 0 atom stereocenters. The summed E-state index contributed by atoms with van der Waals surface area (Å²) in [6, 6.07) is 9.66. The maximum Gasteiger partial charge on any atom is 0.247 e. The lowest BCUT2D eigenvalue weighted by Crippen LogP contribution is -2.29. The van der Waals surface area contributed by atoms with Crippen LogP contribution in [0.5, 0.6) is 11.5 Å². The van der Waals surface area contributed by atoms with E-state index in [1.54, 1.807) is 6.20 Å². The second kappa shape index (κ2) is 10.3. The van der Waals surface area contributed by atoms with Crippen molar-refractivity contribution in [1.29, 1.82) is 0 Å². The summed E-state index contributed by atoms with van der Waals surface area (Å²) in [5, 5.41) is 9.68. The van der Waals surface area contributed by atoms with E-state index in [4.69, 9.17) is 4.74 Å². The lowest BCUT2D eigenvalue weighted by Gasteiger charge is -2.14. The first-order valence-electron chi connectivity index (χ1n) is 11.4. The Balaban J connectivity index is 1.56. The van der Waals surface area contributed by atoms with Gasteiger partial charge in [0.15, 0.2) is 0 Å². The van der Waals surface area contributed by atoms with Crippen molar-refractivity contribution in [2.75, 3.05) is 23.7 Å². The maximum atomic E-state index is 12.7. The van der Waals surface area contributed by atoms with E-state index >= 15 is 0 Å². The lowest BCUT2D eigenvalue weighted by atomic mass is 10.1. The van der Waals surface area contributed by atoms with Crippen molar-refractivity contribution in [2.24, 2.45) is 5.92 Å². The van der Waals surface area contributed by atoms with Crippen LogP contribution in [0, 0.1) is 19.8 Å². The molecule has 0 bridgehead atoms. The molecule has 8 heteroatoms. The fourth-order valence-electron chi connectivity index (χ4n) is 3.54. The van der Waals surface area contributed by atoms with Crippen molar-refractivity contribution in [3.05, 3.63) is 65.2 Å². The molecule has 0 unspecified atom stereocenters. The zero-order chi connectivity index (χ0) is 24.1. The molecule has 0 spiro atoms. The van der Waals surface area contributed by atoms with Gasteiger partial charge in [0.1, 0.15) is 29.5 Å². The van der Waals surface area contributed by atoms with E-state index in [0.717, 1.165) is 28.3 Å². The summed E-state index contributed by atoms with van der Waals surface area (Å²) in [4.78, 5) is 25.8. The van der Waals surface area contributed by atoms with Crippen molar-refractivity contribution in [1.82, 2.24) is 20.3 Å². The van der Waals surface area contributed by atoms with E-state index < -0.39 is 0 Å². The number of aromatic nitrogens is 3. The van der Waals surface area contributed by atoms with E-state index in [1.165, 1.54) is 6.33 Å². The van der Waals surface area contributed by atoms with E-state index in [0.29, 0.717) is 48.4 Å². The number of ether oxygens (including phenoxy) is 1. The first-order chi connectivity index (χ1) is 16.4. The molecule has 0 aliphatic carbocycles. The van der Waals surface area contributed by atoms with Crippen LogP contribution in [0.1, 0.15) is 37.1 Å². The molecule has 3 heterocycles. The molecule has 3 aromatic rings. The number of carbonyl (C=O) groups excluding carboxylic acids is 1. The molecule has 4 rings (SSSR count). The lowest BCUT2D eigenvalue weighted by molar-refractivity contribution is -0.117. The van der Waals surface area contributed by atoms with Crippen LogP contribution in [-0.2, 0) is 4.79 Å². The molecular weight excluding hydrogens is 428 g/mol.